The predicted molar refractivity (Wildman–Crippen MR) is 197 cm³/mol. The number of anilines is 1. The molecule has 1 aromatic carbocycles. The summed E-state index contributed by atoms with van der Waals surface area (Å²) < 4.78 is 25.3. The van der Waals surface area contributed by atoms with Crippen molar-refractivity contribution in [3.05, 3.63) is 83.9 Å². The molecule has 4 atom stereocenters. The van der Waals surface area contributed by atoms with Crippen LogP contribution in [0.4, 0.5) is 10.6 Å². The van der Waals surface area contributed by atoms with Crippen LogP contribution in [0.3, 0.4) is 0 Å². The van der Waals surface area contributed by atoms with Crippen LogP contribution in [0.1, 0.15) is 84.0 Å². The number of carbonyl (C=O) groups is 1. The highest BCUT2D eigenvalue weighted by molar-refractivity contribution is 6.00. The molecule has 1 fully saturated rings. The van der Waals surface area contributed by atoms with Crippen LogP contribution < -0.4 is 14.8 Å². The van der Waals surface area contributed by atoms with Gasteiger partial charge in [-0.05, 0) is 94.9 Å². The fraction of sp³-hybridized carbons (Fsp3) is 0.475. The summed E-state index contributed by atoms with van der Waals surface area (Å²) in [6.07, 6.45) is 18.9. The minimum Gasteiger partial charge on any atom is -0.497 e. The molecule has 3 heterocycles. The first-order valence-electron chi connectivity index (χ1n) is 17.8. The molecule has 266 valence electrons. The predicted octanol–water partition coefficient (Wildman–Crippen LogP) is 8.62. The first-order chi connectivity index (χ1) is 24.1. The average Bonchev–Trinajstić information content (AvgIpc) is 3.74. The van der Waals surface area contributed by atoms with Gasteiger partial charge in [-0.1, -0.05) is 31.6 Å². The Morgan fingerprint density at radius 1 is 1.10 bits per heavy atom. The summed E-state index contributed by atoms with van der Waals surface area (Å²) in [5.41, 5.74) is 3.19. The fourth-order valence-electron chi connectivity index (χ4n) is 7.03. The van der Waals surface area contributed by atoms with Gasteiger partial charge in [0.25, 0.3) is 0 Å². The van der Waals surface area contributed by atoms with Gasteiger partial charge in [-0.25, -0.2) is 9.78 Å². The number of amides is 1. The molecule has 1 saturated heterocycles. The van der Waals surface area contributed by atoms with Crippen LogP contribution in [0, 0.1) is 5.92 Å². The van der Waals surface area contributed by atoms with Crippen LogP contribution in [0.25, 0.3) is 16.5 Å². The van der Waals surface area contributed by atoms with Crippen LogP contribution in [-0.4, -0.2) is 64.3 Å². The standard InChI is InChI=1S/C40H51N5O5/c1-8-27-22-34(44(25-27)39(46)50-40(3,4)5)26(2)45-33-20-21-41-38(42-24-29-16-19-32(47-6)23-35(29)48-7)36(33)37(43-45)28-14-17-31(18-15-28)49-30-12-10-9-11-13-30/h10,12-17,19-21,23,26-27,31,34H,8-9,11,18,22,24-25H2,1-7H3,(H,41,42). The number of hydrogen-bond acceptors (Lipinski definition) is 8. The maximum absolute atomic E-state index is 13.5. The Bertz CT molecular complexity index is 1820. The van der Waals surface area contributed by atoms with Gasteiger partial charge in [-0.15, -0.1) is 0 Å². The van der Waals surface area contributed by atoms with Gasteiger partial charge < -0.3 is 29.2 Å². The summed E-state index contributed by atoms with van der Waals surface area (Å²) in [6, 6.07) is 7.62. The van der Waals surface area contributed by atoms with E-state index >= 15 is 0 Å². The van der Waals surface area contributed by atoms with E-state index in [2.05, 4.69) is 60.3 Å². The van der Waals surface area contributed by atoms with Gasteiger partial charge in [-0.2, -0.15) is 5.10 Å². The molecule has 10 heteroatoms. The lowest BCUT2D eigenvalue weighted by atomic mass is 9.99. The van der Waals surface area contributed by atoms with E-state index < -0.39 is 5.60 Å². The van der Waals surface area contributed by atoms with Crippen LogP contribution in [-0.2, 0) is 16.0 Å². The van der Waals surface area contributed by atoms with Crippen LogP contribution in [0.2, 0.25) is 0 Å². The van der Waals surface area contributed by atoms with Gasteiger partial charge in [0.1, 0.15) is 40.5 Å². The lowest BCUT2D eigenvalue weighted by Gasteiger charge is -2.32. The van der Waals surface area contributed by atoms with E-state index in [9.17, 15) is 4.79 Å². The first-order valence-corrected chi connectivity index (χ1v) is 17.8. The number of rotatable bonds is 11. The van der Waals surface area contributed by atoms with Crippen LogP contribution in [0.5, 0.6) is 11.5 Å². The molecule has 50 heavy (non-hydrogen) atoms. The minimum absolute atomic E-state index is 0.0508. The van der Waals surface area contributed by atoms with E-state index in [1.807, 2.05) is 56.1 Å². The molecule has 10 nitrogen and oxygen atoms in total. The smallest absolute Gasteiger partial charge is 0.410 e. The molecule has 1 aliphatic heterocycles. The molecule has 1 amide bonds. The van der Waals surface area contributed by atoms with Gasteiger partial charge in [0, 0.05) is 37.3 Å². The second-order valence-electron chi connectivity index (χ2n) is 14.3. The summed E-state index contributed by atoms with van der Waals surface area (Å²) in [5.74, 6) is 3.50. The van der Waals surface area contributed by atoms with Crippen LogP contribution in [0.15, 0.2) is 72.7 Å². The fourth-order valence-corrected chi connectivity index (χ4v) is 7.03. The molecule has 3 aromatic rings. The summed E-state index contributed by atoms with van der Waals surface area (Å²) in [6.45, 7) is 11.2. The van der Waals surface area contributed by atoms with E-state index in [0.717, 1.165) is 82.9 Å². The van der Waals surface area contributed by atoms with Crippen molar-refractivity contribution < 1.29 is 23.7 Å². The molecule has 0 bridgehead atoms. The van der Waals surface area contributed by atoms with Gasteiger partial charge in [0.05, 0.1) is 37.2 Å². The lowest BCUT2D eigenvalue weighted by molar-refractivity contribution is 0.0182. The number of ether oxygens (including phenoxy) is 4. The highest BCUT2D eigenvalue weighted by Gasteiger charge is 2.41. The number of nitrogens with zero attached hydrogens (tertiary/aromatic N) is 4. The largest absolute Gasteiger partial charge is 0.497 e. The van der Waals surface area contributed by atoms with E-state index in [-0.39, 0.29) is 24.3 Å². The summed E-state index contributed by atoms with van der Waals surface area (Å²) in [4.78, 5) is 20.3. The Hall–Kier alpha value is -4.73. The van der Waals surface area contributed by atoms with Gasteiger partial charge in [0.15, 0.2) is 0 Å². The van der Waals surface area contributed by atoms with Crippen molar-refractivity contribution in [3.8, 4) is 11.5 Å². The Morgan fingerprint density at radius 3 is 2.62 bits per heavy atom. The van der Waals surface area contributed by atoms with Crippen molar-refractivity contribution in [2.24, 2.45) is 5.92 Å². The van der Waals surface area contributed by atoms with Gasteiger partial charge >= 0.3 is 6.09 Å². The second-order valence-corrected chi connectivity index (χ2v) is 14.3. The summed E-state index contributed by atoms with van der Waals surface area (Å²) in [7, 11) is 3.30. The molecular weight excluding hydrogens is 630 g/mol. The van der Waals surface area contributed by atoms with Crippen molar-refractivity contribution in [1.29, 1.82) is 0 Å². The molecule has 6 rings (SSSR count). The highest BCUT2D eigenvalue weighted by Crippen LogP contribution is 2.39. The quantitative estimate of drug-likeness (QED) is 0.215. The Morgan fingerprint density at radius 2 is 1.94 bits per heavy atom. The average molecular weight is 682 g/mol. The van der Waals surface area contributed by atoms with Gasteiger partial charge in [-0.3, -0.25) is 4.68 Å². The van der Waals surface area contributed by atoms with E-state index in [1.54, 1.807) is 14.2 Å². The third-order valence-electron chi connectivity index (χ3n) is 9.72. The number of carbonyl (C=O) groups excluding carboxylic acids is 1. The number of fused-ring (bicyclic) bond motifs is 1. The molecular formula is C40H51N5O5. The molecule has 0 radical (unpaired) electrons. The zero-order valence-corrected chi connectivity index (χ0v) is 30.4. The first kappa shape index (κ1) is 35.1. The maximum atomic E-state index is 13.5. The maximum Gasteiger partial charge on any atom is 0.410 e. The van der Waals surface area contributed by atoms with Crippen molar-refractivity contribution in [2.75, 3.05) is 26.1 Å². The SMILES string of the molecule is CCC1CC(C(C)n2nc(C3=CCC(OC4=CCCC=C4)C=C3)c3c(NCc4ccc(OC)cc4OC)nccc32)N(C(=O)OC(C)(C)C)C1. The molecule has 1 N–H and O–H groups in total. The van der Waals surface area contributed by atoms with E-state index in [1.165, 1.54) is 0 Å². The van der Waals surface area contributed by atoms with E-state index in [0.29, 0.717) is 19.0 Å². The number of pyridine rings is 1. The zero-order valence-electron chi connectivity index (χ0n) is 30.4. The molecule has 2 aliphatic carbocycles. The molecule has 0 saturated carbocycles. The van der Waals surface area contributed by atoms with Crippen molar-refractivity contribution in [1.82, 2.24) is 19.7 Å². The van der Waals surface area contributed by atoms with Crippen molar-refractivity contribution in [3.63, 3.8) is 0 Å². The number of benzene rings is 1. The van der Waals surface area contributed by atoms with Gasteiger partial charge in [0.2, 0.25) is 0 Å². The molecule has 3 aliphatic rings. The Kier molecular flexibility index (Phi) is 10.6. The number of hydrogen-bond donors (Lipinski definition) is 1. The zero-order chi connectivity index (χ0) is 35.4. The molecule has 0 spiro atoms. The third kappa shape index (κ3) is 7.69. The number of methoxy groups -OCH3 is 2. The third-order valence-corrected chi connectivity index (χ3v) is 9.72. The number of aromatic nitrogens is 3. The second kappa shape index (κ2) is 15.0. The normalized spacial score (nSPS) is 21.1. The molecule has 4 unspecified atom stereocenters. The number of likely N-dealkylation sites (tertiary alicyclic amines) is 1. The van der Waals surface area contributed by atoms with Crippen molar-refractivity contribution >= 4 is 28.4 Å². The summed E-state index contributed by atoms with van der Waals surface area (Å²) in [5, 5.41) is 9.84. The Labute approximate surface area is 295 Å². The van der Waals surface area contributed by atoms with Crippen molar-refractivity contribution in [2.45, 2.75) is 97.1 Å². The highest BCUT2D eigenvalue weighted by atomic mass is 16.6. The number of nitrogens with one attached hydrogen (secondary N) is 1. The topological polar surface area (TPSA) is 100.0 Å². The lowest BCUT2D eigenvalue weighted by Crippen LogP contribution is -2.43. The monoisotopic (exact) mass is 681 g/mol. The minimum atomic E-state index is -0.579. The number of allylic oxidation sites excluding steroid dienone is 5. The van der Waals surface area contributed by atoms with E-state index in [4.69, 9.17) is 29.0 Å². The Balaban J connectivity index is 1.36. The summed E-state index contributed by atoms with van der Waals surface area (Å²) >= 11 is 0. The molecule has 2 aromatic heterocycles. The van der Waals surface area contributed by atoms with Crippen LogP contribution >= 0.6 is 0 Å².